The van der Waals surface area contributed by atoms with Crippen molar-refractivity contribution in [3.63, 3.8) is 0 Å². The number of hydrogen-bond donors (Lipinski definition) is 1. The van der Waals surface area contributed by atoms with Gasteiger partial charge in [0.15, 0.2) is 6.07 Å². The summed E-state index contributed by atoms with van der Waals surface area (Å²) in [5.74, 6) is 0.417. The van der Waals surface area contributed by atoms with E-state index in [4.69, 9.17) is 11.6 Å². The van der Waals surface area contributed by atoms with Crippen LogP contribution in [0.2, 0.25) is 0 Å². The highest BCUT2D eigenvalue weighted by molar-refractivity contribution is 9.10. The van der Waals surface area contributed by atoms with Gasteiger partial charge in [-0.2, -0.15) is 0 Å². The highest BCUT2D eigenvalue weighted by Crippen LogP contribution is 2.19. The molecule has 0 aliphatic rings. The lowest BCUT2D eigenvalue weighted by molar-refractivity contribution is 0.180. The number of halogens is 2. The topological polar surface area (TPSA) is 51.2 Å². The van der Waals surface area contributed by atoms with Gasteiger partial charge in [0.1, 0.15) is 5.82 Å². The molecule has 1 aromatic heterocycles. The molecule has 0 atom stereocenters. The molecule has 0 bridgehead atoms. The molecule has 0 saturated carbocycles. The van der Waals surface area contributed by atoms with Gasteiger partial charge in [-0.05, 0) is 35.0 Å². The summed E-state index contributed by atoms with van der Waals surface area (Å²) < 4.78 is 5.18. The van der Waals surface area contributed by atoms with Crippen molar-refractivity contribution in [1.29, 1.82) is 0 Å². The predicted molar refractivity (Wildman–Crippen MR) is 57.5 cm³/mol. The Morgan fingerprint density at radius 3 is 3.07 bits per heavy atom. The van der Waals surface area contributed by atoms with Gasteiger partial charge in [0.05, 0.1) is 4.47 Å². The molecule has 1 aromatic rings. The summed E-state index contributed by atoms with van der Waals surface area (Å²) in [4.78, 5) is 15.1. The summed E-state index contributed by atoms with van der Waals surface area (Å²) in [6.45, 7) is 1.82. The van der Waals surface area contributed by atoms with E-state index in [1.165, 1.54) is 0 Å². The zero-order chi connectivity index (χ0) is 10.6. The van der Waals surface area contributed by atoms with Crippen molar-refractivity contribution < 1.29 is 9.53 Å². The quantitative estimate of drug-likeness (QED) is 0.847. The number of anilines is 1. The first kappa shape index (κ1) is 11.3. The minimum Gasteiger partial charge on any atom is -0.433 e. The van der Waals surface area contributed by atoms with Gasteiger partial charge in [-0.25, -0.2) is 9.78 Å². The molecule has 1 N–H and O–H groups in total. The molecule has 0 aromatic carbocycles. The zero-order valence-electron chi connectivity index (χ0n) is 7.38. The second kappa shape index (κ2) is 5.17. The lowest BCUT2D eigenvalue weighted by Crippen LogP contribution is -2.14. The first-order valence-electron chi connectivity index (χ1n) is 3.76. The Labute approximate surface area is 94.7 Å². The fourth-order valence-corrected chi connectivity index (χ4v) is 1.23. The molecule has 0 saturated heterocycles. The van der Waals surface area contributed by atoms with Crippen LogP contribution in [0.3, 0.4) is 0 Å². The highest BCUT2D eigenvalue weighted by atomic mass is 79.9. The van der Waals surface area contributed by atoms with Crippen molar-refractivity contribution in [2.75, 3.05) is 11.4 Å². The third-order valence-corrected chi connectivity index (χ3v) is 2.14. The number of rotatable bonds is 2. The van der Waals surface area contributed by atoms with E-state index in [0.29, 0.717) is 10.3 Å². The number of pyridine rings is 1. The lowest BCUT2D eigenvalue weighted by atomic mass is 10.4. The molecule has 0 aliphatic carbocycles. The number of nitrogens with zero attached hydrogens (tertiary/aromatic N) is 1. The van der Waals surface area contributed by atoms with E-state index in [9.17, 15) is 4.79 Å². The monoisotopic (exact) mass is 278 g/mol. The van der Waals surface area contributed by atoms with E-state index < -0.39 is 6.09 Å². The van der Waals surface area contributed by atoms with Crippen LogP contribution in [0.15, 0.2) is 16.6 Å². The Morgan fingerprint density at radius 2 is 2.43 bits per heavy atom. The van der Waals surface area contributed by atoms with Crippen LogP contribution in [0.25, 0.3) is 0 Å². The number of hydrogen-bond acceptors (Lipinski definition) is 3. The van der Waals surface area contributed by atoms with Gasteiger partial charge in [-0.15, -0.1) is 0 Å². The largest absolute Gasteiger partial charge is 0.433 e. The summed E-state index contributed by atoms with van der Waals surface area (Å²) in [5.41, 5.74) is 0.800. The molecule has 1 rings (SSSR count). The Balaban J connectivity index is 2.75. The fourth-order valence-electron chi connectivity index (χ4n) is 0.810. The third-order valence-electron chi connectivity index (χ3n) is 1.39. The van der Waals surface area contributed by atoms with Crippen LogP contribution in [-0.2, 0) is 4.74 Å². The molecular weight excluding hydrogens is 271 g/mol. The number of carbonyl (C=O) groups is 1. The van der Waals surface area contributed by atoms with Crippen LogP contribution in [0.4, 0.5) is 10.6 Å². The first-order chi connectivity index (χ1) is 6.63. The summed E-state index contributed by atoms with van der Waals surface area (Å²) in [6.07, 6.45) is -0.626. The SMILES string of the molecule is Cc1ccc(Br)c(NC(=O)OCCl)n1. The van der Waals surface area contributed by atoms with Gasteiger partial charge in [-0.1, -0.05) is 11.6 Å². The molecule has 4 nitrogen and oxygen atoms in total. The molecule has 0 aliphatic heterocycles. The van der Waals surface area contributed by atoms with Gasteiger partial charge in [0, 0.05) is 5.69 Å². The summed E-state index contributed by atoms with van der Waals surface area (Å²) in [7, 11) is 0. The fraction of sp³-hybridized carbons (Fsp3) is 0.250. The Hall–Kier alpha value is -0.810. The van der Waals surface area contributed by atoms with Gasteiger partial charge >= 0.3 is 6.09 Å². The van der Waals surface area contributed by atoms with E-state index in [1.807, 2.05) is 13.0 Å². The van der Waals surface area contributed by atoms with Crippen LogP contribution in [0, 0.1) is 6.92 Å². The Kier molecular flexibility index (Phi) is 4.16. The lowest BCUT2D eigenvalue weighted by Gasteiger charge is -2.06. The molecule has 14 heavy (non-hydrogen) atoms. The average molecular weight is 280 g/mol. The number of amides is 1. The second-order valence-electron chi connectivity index (χ2n) is 2.45. The van der Waals surface area contributed by atoms with E-state index in [0.717, 1.165) is 5.69 Å². The number of alkyl halides is 1. The third kappa shape index (κ3) is 3.16. The van der Waals surface area contributed by atoms with Gasteiger partial charge in [0.25, 0.3) is 0 Å². The van der Waals surface area contributed by atoms with Crippen molar-refractivity contribution in [3.8, 4) is 0 Å². The van der Waals surface area contributed by atoms with E-state index in [1.54, 1.807) is 6.07 Å². The maximum absolute atomic E-state index is 11.0. The smallest absolute Gasteiger partial charge is 0.414 e. The Morgan fingerprint density at radius 1 is 1.71 bits per heavy atom. The first-order valence-corrected chi connectivity index (χ1v) is 5.09. The predicted octanol–water partition coefficient (Wildman–Crippen LogP) is 2.90. The average Bonchev–Trinajstić information content (AvgIpc) is 2.12. The van der Waals surface area contributed by atoms with Crippen LogP contribution in [0.1, 0.15) is 5.69 Å². The maximum atomic E-state index is 11.0. The van der Waals surface area contributed by atoms with Crippen LogP contribution >= 0.6 is 27.5 Å². The highest BCUT2D eigenvalue weighted by Gasteiger charge is 2.06. The number of aromatic nitrogens is 1. The van der Waals surface area contributed by atoms with Crippen molar-refractivity contribution in [3.05, 3.63) is 22.3 Å². The minimum atomic E-state index is -0.626. The number of aryl methyl sites for hydroxylation is 1. The van der Waals surface area contributed by atoms with Crippen LogP contribution < -0.4 is 5.32 Å². The molecule has 1 heterocycles. The van der Waals surface area contributed by atoms with E-state index >= 15 is 0 Å². The molecule has 0 radical (unpaired) electrons. The van der Waals surface area contributed by atoms with Gasteiger partial charge in [-0.3, -0.25) is 5.32 Å². The number of ether oxygens (including phenoxy) is 1. The molecule has 76 valence electrons. The molecular formula is C8H8BrClN2O2. The van der Waals surface area contributed by atoms with Crippen molar-refractivity contribution in [2.24, 2.45) is 0 Å². The number of nitrogens with one attached hydrogen (secondary N) is 1. The number of carbonyl (C=O) groups excluding carboxylic acids is 1. The maximum Gasteiger partial charge on any atom is 0.414 e. The minimum absolute atomic E-state index is 0.185. The second-order valence-corrected chi connectivity index (χ2v) is 3.52. The molecule has 0 fully saturated rings. The molecule has 1 amide bonds. The normalized spacial score (nSPS) is 9.64. The Bertz CT molecular complexity index is 346. The van der Waals surface area contributed by atoms with Crippen molar-refractivity contribution >= 4 is 39.4 Å². The van der Waals surface area contributed by atoms with Crippen molar-refractivity contribution in [2.45, 2.75) is 6.92 Å². The standard InChI is InChI=1S/C8H8BrClN2O2/c1-5-2-3-6(9)7(11-5)12-8(13)14-4-10/h2-3H,4H2,1H3,(H,11,12,13). The van der Waals surface area contributed by atoms with Crippen LogP contribution in [0.5, 0.6) is 0 Å². The van der Waals surface area contributed by atoms with Crippen molar-refractivity contribution in [1.82, 2.24) is 4.98 Å². The molecule has 0 spiro atoms. The summed E-state index contributed by atoms with van der Waals surface area (Å²) in [5, 5.41) is 2.45. The van der Waals surface area contributed by atoms with Gasteiger partial charge < -0.3 is 4.74 Å². The van der Waals surface area contributed by atoms with E-state index in [-0.39, 0.29) is 6.07 Å². The van der Waals surface area contributed by atoms with E-state index in [2.05, 4.69) is 31.0 Å². The van der Waals surface area contributed by atoms with Gasteiger partial charge in [0.2, 0.25) is 0 Å². The van der Waals surface area contributed by atoms with Crippen LogP contribution in [-0.4, -0.2) is 17.1 Å². The summed E-state index contributed by atoms with van der Waals surface area (Å²) in [6, 6.07) is 3.43. The molecule has 0 unspecified atom stereocenters. The summed E-state index contributed by atoms with van der Waals surface area (Å²) >= 11 is 8.46. The molecule has 6 heteroatoms. The zero-order valence-corrected chi connectivity index (χ0v) is 9.72.